The number of carbonyl (C=O) groups is 1. The Hall–Kier alpha value is -1.66. The van der Waals surface area contributed by atoms with E-state index in [1.807, 2.05) is 12.1 Å². The van der Waals surface area contributed by atoms with Crippen LogP contribution in [0.25, 0.3) is 0 Å². The second-order valence-electron chi connectivity index (χ2n) is 3.57. The van der Waals surface area contributed by atoms with Crippen LogP contribution in [0.3, 0.4) is 0 Å². The van der Waals surface area contributed by atoms with Gasteiger partial charge in [-0.2, -0.15) is 5.10 Å². The predicted octanol–water partition coefficient (Wildman–Crippen LogP) is 3.28. The fourth-order valence-electron chi connectivity index (χ4n) is 1.36. The summed E-state index contributed by atoms with van der Waals surface area (Å²) >= 11 is 4.90. The number of halogens is 1. The molecular weight excluding hydrogens is 328 g/mol. The van der Waals surface area contributed by atoms with E-state index in [0.29, 0.717) is 11.3 Å². The Kier molecular flexibility index (Phi) is 4.70. The molecule has 0 aliphatic carbocycles. The van der Waals surface area contributed by atoms with Gasteiger partial charge in [0.1, 0.15) is 5.75 Å². The summed E-state index contributed by atoms with van der Waals surface area (Å²) in [5.74, 6) is 0.456. The summed E-state index contributed by atoms with van der Waals surface area (Å²) in [5.41, 5.74) is 3.01. The van der Waals surface area contributed by atoms with Crippen LogP contribution < -0.4 is 10.2 Å². The Labute approximate surface area is 123 Å². The molecule has 0 aliphatic heterocycles. The van der Waals surface area contributed by atoms with Crippen molar-refractivity contribution in [3.05, 3.63) is 50.6 Å². The number of rotatable bonds is 4. The second kappa shape index (κ2) is 6.49. The largest absolute Gasteiger partial charge is 0.497 e. The Morgan fingerprint density at radius 1 is 1.32 bits per heavy atom. The van der Waals surface area contributed by atoms with E-state index in [0.717, 1.165) is 8.66 Å². The highest BCUT2D eigenvalue weighted by Gasteiger charge is 2.03. The Morgan fingerprint density at radius 2 is 2.05 bits per heavy atom. The van der Waals surface area contributed by atoms with Crippen LogP contribution in [-0.2, 0) is 0 Å². The molecule has 0 aliphatic rings. The maximum absolute atomic E-state index is 11.8. The molecule has 0 radical (unpaired) electrons. The van der Waals surface area contributed by atoms with Gasteiger partial charge in [-0.1, -0.05) is 0 Å². The lowest BCUT2D eigenvalue weighted by Gasteiger charge is -2.01. The predicted molar refractivity (Wildman–Crippen MR) is 80.1 cm³/mol. The number of nitrogens with zero attached hydrogens (tertiary/aromatic N) is 1. The van der Waals surface area contributed by atoms with Gasteiger partial charge in [0.25, 0.3) is 5.91 Å². The number of methoxy groups -OCH3 is 1. The number of amides is 1. The minimum Gasteiger partial charge on any atom is -0.497 e. The highest BCUT2D eigenvalue weighted by Crippen LogP contribution is 2.20. The van der Waals surface area contributed by atoms with E-state index >= 15 is 0 Å². The maximum atomic E-state index is 11.8. The zero-order valence-corrected chi connectivity index (χ0v) is 12.5. The first-order valence-electron chi connectivity index (χ1n) is 5.42. The quantitative estimate of drug-likeness (QED) is 0.687. The monoisotopic (exact) mass is 338 g/mol. The van der Waals surface area contributed by atoms with E-state index in [-0.39, 0.29) is 5.91 Å². The van der Waals surface area contributed by atoms with Crippen LogP contribution in [0.5, 0.6) is 5.75 Å². The third-order valence-corrected chi connectivity index (χ3v) is 3.86. The molecular formula is C13H11BrN2O2S. The summed E-state index contributed by atoms with van der Waals surface area (Å²) in [6, 6.07) is 10.7. The SMILES string of the molecule is COc1ccc(C(=O)NN=Cc2ccc(Br)s2)cc1. The molecule has 0 atom stereocenters. The van der Waals surface area contributed by atoms with E-state index in [2.05, 4.69) is 26.5 Å². The lowest BCUT2D eigenvalue weighted by molar-refractivity contribution is 0.0955. The van der Waals surface area contributed by atoms with Gasteiger partial charge in [0.05, 0.1) is 17.1 Å². The van der Waals surface area contributed by atoms with Gasteiger partial charge in [-0.25, -0.2) is 5.43 Å². The van der Waals surface area contributed by atoms with Crippen molar-refractivity contribution in [3.8, 4) is 5.75 Å². The standard InChI is InChI=1S/C13H11BrN2O2S/c1-18-10-4-2-9(3-5-10)13(17)16-15-8-11-6-7-12(14)19-11/h2-8H,1H3,(H,16,17). The fraction of sp³-hybridized carbons (Fsp3) is 0.0769. The lowest BCUT2D eigenvalue weighted by Crippen LogP contribution is -2.17. The summed E-state index contributed by atoms with van der Waals surface area (Å²) in [6.45, 7) is 0. The minimum absolute atomic E-state index is 0.255. The van der Waals surface area contributed by atoms with Crippen LogP contribution in [0.1, 0.15) is 15.2 Å². The zero-order valence-electron chi connectivity index (χ0n) is 10.1. The minimum atomic E-state index is -0.255. The van der Waals surface area contributed by atoms with Crippen LogP contribution in [0.4, 0.5) is 0 Å². The first-order chi connectivity index (χ1) is 9.19. The highest BCUT2D eigenvalue weighted by molar-refractivity contribution is 9.11. The Balaban J connectivity index is 1.95. The van der Waals surface area contributed by atoms with Crippen LogP contribution in [0.15, 0.2) is 45.3 Å². The number of benzene rings is 1. The molecule has 0 saturated carbocycles. The molecule has 0 unspecified atom stereocenters. The molecule has 0 fully saturated rings. The molecule has 1 aromatic carbocycles. The molecule has 4 nitrogen and oxygen atoms in total. The van der Waals surface area contributed by atoms with Crippen molar-refractivity contribution in [2.75, 3.05) is 7.11 Å². The van der Waals surface area contributed by atoms with Crippen LogP contribution in [0.2, 0.25) is 0 Å². The normalized spacial score (nSPS) is 10.6. The van der Waals surface area contributed by atoms with Crippen LogP contribution >= 0.6 is 27.3 Å². The maximum Gasteiger partial charge on any atom is 0.271 e. The molecule has 1 N–H and O–H groups in total. The van der Waals surface area contributed by atoms with Gasteiger partial charge in [-0.05, 0) is 52.3 Å². The fourth-order valence-corrected chi connectivity index (χ4v) is 2.65. The molecule has 19 heavy (non-hydrogen) atoms. The Morgan fingerprint density at radius 3 is 2.63 bits per heavy atom. The first kappa shape index (κ1) is 13.8. The van der Waals surface area contributed by atoms with Gasteiger partial charge in [0, 0.05) is 10.4 Å². The van der Waals surface area contributed by atoms with Gasteiger partial charge >= 0.3 is 0 Å². The molecule has 2 rings (SSSR count). The number of carbonyl (C=O) groups excluding carboxylic acids is 1. The van der Waals surface area contributed by atoms with Gasteiger partial charge in [-0.15, -0.1) is 11.3 Å². The third kappa shape index (κ3) is 3.90. The average molecular weight is 339 g/mol. The van der Waals surface area contributed by atoms with Crippen molar-refractivity contribution in [2.24, 2.45) is 5.10 Å². The van der Waals surface area contributed by atoms with Gasteiger partial charge in [0.15, 0.2) is 0 Å². The van der Waals surface area contributed by atoms with Gasteiger partial charge < -0.3 is 4.74 Å². The first-order valence-corrected chi connectivity index (χ1v) is 7.03. The lowest BCUT2D eigenvalue weighted by atomic mass is 10.2. The van der Waals surface area contributed by atoms with E-state index in [9.17, 15) is 4.79 Å². The van der Waals surface area contributed by atoms with Crippen molar-refractivity contribution in [3.63, 3.8) is 0 Å². The molecule has 98 valence electrons. The van der Waals surface area contributed by atoms with Crippen molar-refractivity contribution >= 4 is 39.4 Å². The number of hydrogen-bond donors (Lipinski definition) is 1. The number of hydrogen-bond acceptors (Lipinski definition) is 4. The van der Waals surface area contributed by atoms with Crippen LogP contribution in [-0.4, -0.2) is 19.2 Å². The number of thiophene rings is 1. The van der Waals surface area contributed by atoms with Crippen molar-refractivity contribution in [2.45, 2.75) is 0 Å². The topological polar surface area (TPSA) is 50.7 Å². The summed E-state index contributed by atoms with van der Waals surface area (Å²) in [4.78, 5) is 12.7. The smallest absolute Gasteiger partial charge is 0.271 e. The molecule has 1 aromatic heterocycles. The second-order valence-corrected chi connectivity index (χ2v) is 6.06. The summed E-state index contributed by atoms with van der Waals surface area (Å²) in [5, 5.41) is 3.91. The van der Waals surface area contributed by atoms with Crippen molar-refractivity contribution in [1.29, 1.82) is 0 Å². The summed E-state index contributed by atoms with van der Waals surface area (Å²) in [7, 11) is 1.58. The van der Waals surface area contributed by atoms with Gasteiger partial charge in [-0.3, -0.25) is 4.79 Å². The molecule has 6 heteroatoms. The molecule has 0 saturated heterocycles. The zero-order chi connectivity index (χ0) is 13.7. The summed E-state index contributed by atoms with van der Waals surface area (Å²) in [6.07, 6.45) is 1.61. The summed E-state index contributed by atoms with van der Waals surface area (Å²) < 4.78 is 6.05. The number of hydrazone groups is 1. The molecule has 2 aromatic rings. The molecule has 0 spiro atoms. The van der Waals surface area contributed by atoms with E-state index in [4.69, 9.17) is 4.74 Å². The van der Waals surface area contributed by atoms with Crippen molar-refractivity contribution < 1.29 is 9.53 Å². The molecule has 1 heterocycles. The highest BCUT2D eigenvalue weighted by atomic mass is 79.9. The molecule has 1 amide bonds. The average Bonchev–Trinajstić information content (AvgIpc) is 2.84. The van der Waals surface area contributed by atoms with E-state index in [1.165, 1.54) is 11.3 Å². The van der Waals surface area contributed by atoms with E-state index in [1.54, 1.807) is 37.6 Å². The van der Waals surface area contributed by atoms with Crippen LogP contribution in [0, 0.1) is 0 Å². The number of nitrogens with one attached hydrogen (secondary N) is 1. The third-order valence-electron chi connectivity index (χ3n) is 2.30. The van der Waals surface area contributed by atoms with E-state index < -0.39 is 0 Å². The Bertz CT molecular complexity index is 593. The molecule has 0 bridgehead atoms. The number of ether oxygens (including phenoxy) is 1. The van der Waals surface area contributed by atoms with Crippen molar-refractivity contribution in [1.82, 2.24) is 5.43 Å². The van der Waals surface area contributed by atoms with Gasteiger partial charge in [0.2, 0.25) is 0 Å².